The zero-order valence-corrected chi connectivity index (χ0v) is 18.0. The zero-order chi connectivity index (χ0) is 22.5. The summed E-state index contributed by atoms with van der Waals surface area (Å²) in [6, 6.07) is 4.02. The predicted molar refractivity (Wildman–Crippen MR) is 121 cm³/mol. The maximum absolute atomic E-state index is 14.2. The molecule has 0 unspecified atom stereocenters. The summed E-state index contributed by atoms with van der Waals surface area (Å²) in [5.41, 5.74) is 0.837. The number of aliphatic hydroxyl groups is 1. The molecule has 6 nitrogen and oxygen atoms in total. The number of aliphatic imine (C=N–C) groups is 1. The number of anilines is 2. The van der Waals surface area contributed by atoms with Crippen LogP contribution in [-0.2, 0) is 0 Å². The van der Waals surface area contributed by atoms with Gasteiger partial charge in [0.25, 0.3) is 0 Å². The van der Waals surface area contributed by atoms with E-state index < -0.39 is 17.3 Å². The van der Waals surface area contributed by atoms with E-state index in [-0.39, 0.29) is 17.9 Å². The number of halogens is 2. The summed E-state index contributed by atoms with van der Waals surface area (Å²) in [4.78, 5) is 13.0. The Bertz CT molecular complexity index is 1030. The van der Waals surface area contributed by atoms with E-state index in [2.05, 4.69) is 37.4 Å². The quantitative estimate of drug-likeness (QED) is 0.365. The molecule has 3 N–H and O–H groups in total. The Balaban J connectivity index is 1.58. The number of aryl methyl sites for hydroxylation is 1. The van der Waals surface area contributed by atoms with E-state index in [1.165, 1.54) is 12.5 Å². The number of hydrogen-bond donors (Lipinski definition) is 3. The van der Waals surface area contributed by atoms with Crippen molar-refractivity contribution in [1.82, 2.24) is 9.97 Å². The summed E-state index contributed by atoms with van der Waals surface area (Å²) in [7, 11) is 0. The number of aliphatic hydroxyl groups excluding tert-OH is 1. The van der Waals surface area contributed by atoms with Gasteiger partial charge in [-0.2, -0.15) is 0 Å². The van der Waals surface area contributed by atoms with Crippen LogP contribution in [0, 0.1) is 36.3 Å². The molecule has 2 saturated carbocycles. The molecular formula is C24H27F2N5O. The van der Waals surface area contributed by atoms with Gasteiger partial charge in [0.2, 0.25) is 5.95 Å². The van der Waals surface area contributed by atoms with Gasteiger partial charge in [-0.3, -0.25) is 0 Å². The molecule has 1 heterocycles. The van der Waals surface area contributed by atoms with Crippen molar-refractivity contribution in [2.75, 3.05) is 10.6 Å². The molecule has 0 amide bonds. The van der Waals surface area contributed by atoms with E-state index in [0.29, 0.717) is 36.2 Å². The van der Waals surface area contributed by atoms with Crippen LogP contribution in [0.5, 0.6) is 0 Å². The van der Waals surface area contributed by atoms with E-state index in [1.54, 1.807) is 6.20 Å². The number of nitrogens with one attached hydrogen (secondary N) is 2. The van der Waals surface area contributed by atoms with Crippen molar-refractivity contribution < 1.29 is 13.9 Å². The van der Waals surface area contributed by atoms with Gasteiger partial charge in [-0.05, 0) is 69.9 Å². The first-order valence-corrected chi connectivity index (χ1v) is 11.1. The predicted octanol–water partition coefficient (Wildman–Crippen LogP) is 4.72. The van der Waals surface area contributed by atoms with Gasteiger partial charge in [0.15, 0.2) is 17.5 Å². The molecule has 2 fully saturated rings. The fourth-order valence-electron chi connectivity index (χ4n) is 3.71. The van der Waals surface area contributed by atoms with Crippen LogP contribution < -0.4 is 10.6 Å². The van der Waals surface area contributed by atoms with E-state index in [4.69, 9.17) is 0 Å². The first-order chi connectivity index (χ1) is 15.5. The second kappa shape index (κ2) is 10.0. The monoisotopic (exact) mass is 439 g/mol. The average Bonchev–Trinajstić information content (AvgIpc) is 2.74. The molecule has 4 rings (SSSR count). The zero-order valence-electron chi connectivity index (χ0n) is 18.0. The summed E-state index contributed by atoms with van der Waals surface area (Å²) >= 11 is 0. The molecule has 0 radical (unpaired) electrons. The highest BCUT2D eigenvalue weighted by Gasteiger charge is 2.19. The highest BCUT2D eigenvalue weighted by Crippen LogP contribution is 2.25. The van der Waals surface area contributed by atoms with Crippen LogP contribution in [0.25, 0.3) is 0 Å². The lowest BCUT2D eigenvalue weighted by molar-refractivity contribution is 0.119. The first kappa shape index (κ1) is 22.2. The Hall–Kier alpha value is -3.05. The molecule has 0 aliphatic heterocycles. The Kier molecular flexibility index (Phi) is 6.96. The number of amidine groups is 1. The number of rotatable bonds is 4. The number of para-hydroxylation sites is 1. The van der Waals surface area contributed by atoms with Gasteiger partial charge in [-0.25, -0.2) is 23.7 Å². The van der Waals surface area contributed by atoms with Gasteiger partial charge in [0, 0.05) is 12.0 Å². The highest BCUT2D eigenvalue weighted by atomic mass is 19.1. The Morgan fingerprint density at radius 3 is 2.47 bits per heavy atom. The summed E-state index contributed by atoms with van der Waals surface area (Å²) in [5, 5.41) is 16.0. The Morgan fingerprint density at radius 1 is 1.12 bits per heavy atom. The third kappa shape index (κ3) is 5.60. The molecule has 2 aliphatic rings. The standard InChI is InChI=1S/C24H27F2N5O/c1-15-21(14-27-24(28-15)29-17-4-2-5-17)30-22(13-10-16-8-11-18(32)12-9-16)31-23-19(25)6-3-7-20(23)26/h3,6-7,14,16-18,32H,2,4-5,8-9,11-12H2,1H3,(H,30,31)(H,27,28,29). The minimum absolute atomic E-state index is 0.0993. The Labute approximate surface area is 186 Å². The summed E-state index contributed by atoms with van der Waals surface area (Å²) in [5.74, 6) is 5.34. The molecule has 0 atom stereocenters. The molecule has 0 spiro atoms. The lowest BCUT2D eigenvalue weighted by atomic mass is 9.88. The van der Waals surface area contributed by atoms with E-state index in [1.807, 2.05) is 6.92 Å². The number of nitrogens with zero attached hydrogens (tertiary/aromatic N) is 3. The van der Waals surface area contributed by atoms with Crippen LogP contribution in [0.3, 0.4) is 0 Å². The first-order valence-electron chi connectivity index (χ1n) is 11.1. The van der Waals surface area contributed by atoms with Gasteiger partial charge in [0.05, 0.1) is 23.7 Å². The lowest BCUT2D eigenvalue weighted by Gasteiger charge is -2.26. The molecule has 2 aliphatic carbocycles. The number of hydrogen-bond acceptors (Lipinski definition) is 5. The highest BCUT2D eigenvalue weighted by molar-refractivity contribution is 6.09. The fraction of sp³-hybridized carbons (Fsp3) is 0.458. The molecular weight excluding hydrogens is 412 g/mol. The smallest absolute Gasteiger partial charge is 0.223 e. The van der Waals surface area contributed by atoms with Crippen molar-refractivity contribution in [3.05, 3.63) is 41.7 Å². The Morgan fingerprint density at radius 2 is 1.84 bits per heavy atom. The lowest BCUT2D eigenvalue weighted by Crippen LogP contribution is -2.28. The second-order valence-electron chi connectivity index (χ2n) is 8.40. The molecule has 1 aromatic carbocycles. The SMILES string of the molecule is Cc1nc(NC2CCC2)ncc1NC(C#CC1CCC(O)CC1)=Nc1c(F)cccc1F. The number of benzene rings is 1. The van der Waals surface area contributed by atoms with E-state index in [0.717, 1.165) is 37.8 Å². The third-order valence-corrected chi connectivity index (χ3v) is 5.92. The van der Waals surface area contributed by atoms with Gasteiger partial charge >= 0.3 is 0 Å². The van der Waals surface area contributed by atoms with Crippen LogP contribution in [0.2, 0.25) is 0 Å². The molecule has 0 saturated heterocycles. The minimum Gasteiger partial charge on any atom is -0.393 e. The molecule has 1 aromatic heterocycles. The topological polar surface area (TPSA) is 82.4 Å². The van der Waals surface area contributed by atoms with Gasteiger partial charge in [-0.1, -0.05) is 12.0 Å². The van der Waals surface area contributed by atoms with Gasteiger partial charge in [-0.15, -0.1) is 0 Å². The van der Waals surface area contributed by atoms with Crippen molar-refractivity contribution in [3.63, 3.8) is 0 Å². The minimum atomic E-state index is -0.764. The summed E-state index contributed by atoms with van der Waals surface area (Å²) in [6.07, 6.45) is 7.73. The maximum atomic E-state index is 14.2. The molecule has 32 heavy (non-hydrogen) atoms. The van der Waals surface area contributed by atoms with Crippen molar-refractivity contribution in [2.24, 2.45) is 10.9 Å². The third-order valence-electron chi connectivity index (χ3n) is 5.92. The van der Waals surface area contributed by atoms with E-state index in [9.17, 15) is 13.9 Å². The fourth-order valence-corrected chi connectivity index (χ4v) is 3.71. The summed E-state index contributed by atoms with van der Waals surface area (Å²) < 4.78 is 28.4. The van der Waals surface area contributed by atoms with E-state index >= 15 is 0 Å². The average molecular weight is 440 g/mol. The summed E-state index contributed by atoms with van der Waals surface area (Å²) in [6.45, 7) is 1.83. The van der Waals surface area contributed by atoms with Crippen LogP contribution in [0.15, 0.2) is 29.4 Å². The van der Waals surface area contributed by atoms with Crippen molar-refractivity contribution in [2.45, 2.75) is 64.0 Å². The van der Waals surface area contributed by atoms with Gasteiger partial charge < -0.3 is 15.7 Å². The molecule has 0 bridgehead atoms. The van der Waals surface area contributed by atoms with Crippen LogP contribution in [0.1, 0.15) is 50.6 Å². The number of aromatic nitrogens is 2. The molecule has 8 heteroatoms. The maximum Gasteiger partial charge on any atom is 0.223 e. The van der Waals surface area contributed by atoms with Crippen LogP contribution in [-0.4, -0.2) is 33.1 Å². The normalized spacial score (nSPS) is 21.3. The van der Waals surface area contributed by atoms with Crippen molar-refractivity contribution >= 4 is 23.2 Å². The van der Waals surface area contributed by atoms with Crippen LogP contribution in [0.4, 0.5) is 26.1 Å². The van der Waals surface area contributed by atoms with Crippen molar-refractivity contribution in [3.8, 4) is 11.8 Å². The second-order valence-corrected chi connectivity index (χ2v) is 8.40. The molecule has 2 aromatic rings. The van der Waals surface area contributed by atoms with Crippen molar-refractivity contribution in [1.29, 1.82) is 0 Å². The largest absolute Gasteiger partial charge is 0.393 e. The van der Waals surface area contributed by atoms with Crippen LogP contribution >= 0.6 is 0 Å². The molecule has 168 valence electrons. The van der Waals surface area contributed by atoms with Gasteiger partial charge in [0.1, 0.15) is 5.69 Å².